The minimum absolute atomic E-state index is 0.0286. The molecule has 0 saturated carbocycles. The zero-order chi connectivity index (χ0) is 14.1. The lowest BCUT2D eigenvalue weighted by Crippen LogP contribution is -2.46. The minimum Gasteiger partial charge on any atom is -0.504 e. The third-order valence-electron chi connectivity index (χ3n) is 5.08. The van der Waals surface area contributed by atoms with Crippen LogP contribution in [0, 0.1) is 0 Å². The van der Waals surface area contributed by atoms with Crippen molar-refractivity contribution in [1.82, 2.24) is 4.90 Å². The zero-order valence-electron chi connectivity index (χ0n) is 12.3. The van der Waals surface area contributed by atoms with Gasteiger partial charge in [-0.3, -0.25) is 4.90 Å². The molecule has 1 aromatic carbocycles. The summed E-state index contributed by atoms with van der Waals surface area (Å²) in [6.07, 6.45) is 6.98. The number of hydrogen-bond acceptors (Lipinski definition) is 3. The number of hydrogen-bond donors (Lipinski definition) is 2. The Morgan fingerprint density at radius 1 is 1.25 bits per heavy atom. The number of fused-ring (bicyclic) bond motifs is 3. The number of aromatic hydroxyl groups is 2. The van der Waals surface area contributed by atoms with E-state index in [-0.39, 0.29) is 11.5 Å². The first-order valence-corrected chi connectivity index (χ1v) is 8.00. The van der Waals surface area contributed by atoms with Gasteiger partial charge in [0.15, 0.2) is 11.5 Å². The van der Waals surface area contributed by atoms with E-state index in [4.69, 9.17) is 0 Å². The molecule has 1 fully saturated rings. The Morgan fingerprint density at radius 2 is 2.10 bits per heavy atom. The lowest BCUT2D eigenvalue weighted by atomic mass is 9.74. The number of phenolic OH excluding ortho intramolecular Hbond substituents is 2. The summed E-state index contributed by atoms with van der Waals surface area (Å²) in [6.45, 7) is 4.68. The molecule has 1 heterocycles. The van der Waals surface area contributed by atoms with Crippen LogP contribution in [0.4, 0.5) is 0 Å². The van der Waals surface area contributed by atoms with Gasteiger partial charge in [0.1, 0.15) is 0 Å². The van der Waals surface area contributed by atoms with Gasteiger partial charge in [-0.15, -0.1) is 0 Å². The van der Waals surface area contributed by atoms with E-state index in [1.165, 1.54) is 44.3 Å². The van der Waals surface area contributed by atoms with E-state index in [2.05, 4.69) is 11.8 Å². The van der Waals surface area contributed by atoms with Crippen LogP contribution >= 0.6 is 0 Å². The highest BCUT2D eigenvalue weighted by molar-refractivity contribution is 5.51. The molecule has 3 heteroatoms. The average Bonchev–Trinajstić information content (AvgIpc) is 2.48. The maximum absolute atomic E-state index is 10.1. The Morgan fingerprint density at radius 3 is 2.90 bits per heavy atom. The standard InChI is InChI=1S/C17H25NO2/c1-2-3-10-18-11-4-5-13-12-7-9-16(19)17(20)14(12)6-8-15(13)18/h7,9,13,15,19-20H,2-6,8,10-11H2,1H3/t13-,15+/m1/s1. The molecule has 3 rings (SSSR count). The van der Waals surface area contributed by atoms with Crippen molar-refractivity contribution in [2.24, 2.45) is 0 Å². The summed E-state index contributed by atoms with van der Waals surface area (Å²) < 4.78 is 0. The number of piperidine rings is 1. The van der Waals surface area contributed by atoms with Crippen LogP contribution < -0.4 is 0 Å². The summed E-state index contributed by atoms with van der Waals surface area (Å²) in [5.74, 6) is 0.684. The van der Waals surface area contributed by atoms with E-state index >= 15 is 0 Å². The molecule has 3 nitrogen and oxygen atoms in total. The van der Waals surface area contributed by atoms with Gasteiger partial charge in [-0.1, -0.05) is 19.4 Å². The summed E-state index contributed by atoms with van der Waals surface area (Å²) in [5.41, 5.74) is 2.27. The number of phenols is 2. The van der Waals surface area contributed by atoms with Crippen molar-refractivity contribution in [2.45, 2.75) is 57.4 Å². The highest BCUT2D eigenvalue weighted by Crippen LogP contribution is 2.45. The quantitative estimate of drug-likeness (QED) is 0.831. The van der Waals surface area contributed by atoms with Crippen molar-refractivity contribution < 1.29 is 10.2 Å². The molecule has 0 radical (unpaired) electrons. The Hall–Kier alpha value is -1.22. The predicted molar refractivity (Wildman–Crippen MR) is 80.3 cm³/mol. The third kappa shape index (κ3) is 2.28. The van der Waals surface area contributed by atoms with Crippen LogP contribution in [0.3, 0.4) is 0 Å². The van der Waals surface area contributed by atoms with Crippen LogP contribution in [0.15, 0.2) is 12.1 Å². The lowest BCUT2D eigenvalue weighted by molar-refractivity contribution is 0.110. The molecular weight excluding hydrogens is 250 g/mol. The lowest BCUT2D eigenvalue weighted by Gasteiger charge is -2.45. The third-order valence-corrected chi connectivity index (χ3v) is 5.08. The van der Waals surface area contributed by atoms with E-state index in [1.807, 2.05) is 6.07 Å². The van der Waals surface area contributed by atoms with Gasteiger partial charge in [-0.25, -0.2) is 0 Å². The highest BCUT2D eigenvalue weighted by Gasteiger charge is 2.37. The fraction of sp³-hybridized carbons (Fsp3) is 0.647. The average molecular weight is 275 g/mol. The molecule has 2 aliphatic rings. The van der Waals surface area contributed by atoms with E-state index < -0.39 is 0 Å². The highest BCUT2D eigenvalue weighted by atomic mass is 16.3. The molecule has 2 N–H and O–H groups in total. The maximum atomic E-state index is 10.1. The van der Waals surface area contributed by atoms with Crippen molar-refractivity contribution >= 4 is 0 Å². The van der Waals surface area contributed by atoms with Crippen molar-refractivity contribution in [3.05, 3.63) is 23.3 Å². The van der Waals surface area contributed by atoms with E-state index in [0.717, 1.165) is 18.4 Å². The summed E-state index contributed by atoms with van der Waals surface area (Å²) in [6, 6.07) is 4.32. The fourth-order valence-corrected chi connectivity index (χ4v) is 4.05. The second-order valence-electron chi connectivity index (χ2n) is 6.25. The Bertz CT molecular complexity index is 486. The van der Waals surface area contributed by atoms with E-state index in [0.29, 0.717) is 12.0 Å². The number of likely N-dealkylation sites (tertiary alicyclic amines) is 1. The SMILES string of the molecule is CCCCN1CCC[C@@H]2c3ccc(O)c(O)c3CC[C@@H]21. The summed E-state index contributed by atoms with van der Waals surface area (Å²) in [5, 5.41) is 19.8. The van der Waals surface area contributed by atoms with Crippen molar-refractivity contribution in [1.29, 1.82) is 0 Å². The molecule has 1 aromatic rings. The number of nitrogens with zero attached hydrogens (tertiary/aromatic N) is 1. The van der Waals surface area contributed by atoms with E-state index in [1.54, 1.807) is 6.07 Å². The summed E-state index contributed by atoms with van der Waals surface area (Å²) in [4.78, 5) is 2.66. The van der Waals surface area contributed by atoms with Crippen LogP contribution in [0.2, 0.25) is 0 Å². The van der Waals surface area contributed by atoms with Gasteiger partial charge >= 0.3 is 0 Å². The van der Waals surface area contributed by atoms with Crippen molar-refractivity contribution in [3.8, 4) is 11.5 Å². The van der Waals surface area contributed by atoms with Crippen LogP contribution in [-0.4, -0.2) is 34.2 Å². The Balaban J connectivity index is 1.87. The molecular formula is C17H25NO2. The Labute approximate surface area is 121 Å². The summed E-state index contributed by atoms with van der Waals surface area (Å²) >= 11 is 0. The molecule has 0 aromatic heterocycles. The molecule has 0 amide bonds. The number of rotatable bonds is 3. The van der Waals surface area contributed by atoms with Crippen LogP contribution in [0.5, 0.6) is 11.5 Å². The van der Waals surface area contributed by atoms with Gasteiger partial charge in [-0.05, 0) is 62.7 Å². The van der Waals surface area contributed by atoms with Gasteiger partial charge in [0, 0.05) is 11.6 Å². The molecule has 0 bridgehead atoms. The van der Waals surface area contributed by atoms with Gasteiger partial charge in [0.2, 0.25) is 0 Å². The van der Waals surface area contributed by atoms with Gasteiger partial charge < -0.3 is 10.2 Å². The molecule has 0 unspecified atom stereocenters. The zero-order valence-corrected chi connectivity index (χ0v) is 12.3. The van der Waals surface area contributed by atoms with Gasteiger partial charge in [0.05, 0.1) is 0 Å². The maximum Gasteiger partial charge on any atom is 0.160 e. The smallest absolute Gasteiger partial charge is 0.160 e. The van der Waals surface area contributed by atoms with Crippen molar-refractivity contribution in [3.63, 3.8) is 0 Å². The van der Waals surface area contributed by atoms with Gasteiger partial charge in [-0.2, -0.15) is 0 Å². The first-order valence-electron chi connectivity index (χ1n) is 8.00. The normalized spacial score (nSPS) is 26.1. The predicted octanol–water partition coefficient (Wildman–Crippen LogP) is 3.39. The summed E-state index contributed by atoms with van der Waals surface area (Å²) in [7, 11) is 0. The number of unbranched alkanes of at least 4 members (excludes halogenated alkanes) is 1. The van der Waals surface area contributed by atoms with Crippen molar-refractivity contribution in [2.75, 3.05) is 13.1 Å². The topological polar surface area (TPSA) is 43.7 Å². The molecule has 110 valence electrons. The van der Waals surface area contributed by atoms with Crippen LogP contribution in [0.25, 0.3) is 0 Å². The van der Waals surface area contributed by atoms with E-state index in [9.17, 15) is 10.2 Å². The first kappa shape index (κ1) is 13.7. The minimum atomic E-state index is 0.0286. The molecule has 20 heavy (non-hydrogen) atoms. The fourth-order valence-electron chi connectivity index (χ4n) is 4.05. The largest absolute Gasteiger partial charge is 0.504 e. The van der Waals surface area contributed by atoms with Gasteiger partial charge in [0.25, 0.3) is 0 Å². The molecule has 0 spiro atoms. The Kier molecular flexibility index (Phi) is 3.88. The van der Waals surface area contributed by atoms with Crippen LogP contribution in [0.1, 0.15) is 56.1 Å². The number of benzene rings is 1. The second kappa shape index (κ2) is 5.65. The second-order valence-corrected chi connectivity index (χ2v) is 6.25. The molecule has 1 aliphatic carbocycles. The first-order chi connectivity index (χ1) is 9.72. The molecule has 1 aliphatic heterocycles. The molecule has 2 atom stereocenters. The monoisotopic (exact) mass is 275 g/mol. The molecule has 1 saturated heterocycles. The van der Waals surface area contributed by atoms with Crippen LogP contribution in [-0.2, 0) is 6.42 Å².